The van der Waals surface area contributed by atoms with Gasteiger partial charge in [0.1, 0.15) is 34.8 Å². The number of aromatic hydroxyl groups is 1. The van der Waals surface area contributed by atoms with Crippen molar-refractivity contribution in [1.82, 2.24) is 9.80 Å². The molecule has 6 rings (SSSR count). The highest BCUT2D eigenvalue weighted by atomic mass is 19.1. The molecule has 47 heavy (non-hydrogen) atoms. The average Bonchev–Trinajstić information content (AvgIpc) is 3.41. The molecule has 2 aromatic carbocycles. The van der Waals surface area contributed by atoms with Gasteiger partial charge in [-0.15, -0.1) is 0 Å². The van der Waals surface area contributed by atoms with Gasteiger partial charge in [0, 0.05) is 36.2 Å². The van der Waals surface area contributed by atoms with Crippen LogP contribution in [-0.2, 0) is 20.8 Å². The molecule has 5 N–H and O–H groups in total. The molecule has 0 aromatic heterocycles. The largest absolute Gasteiger partial charge is 0.510 e. The number of anilines is 1. The molecule has 1 fully saturated rings. The van der Waals surface area contributed by atoms with Gasteiger partial charge in [-0.2, -0.15) is 0 Å². The highest BCUT2D eigenvalue weighted by molar-refractivity contribution is 6.22. The first kappa shape index (κ1) is 32.3. The summed E-state index contributed by atoms with van der Waals surface area (Å²) in [6.07, 6.45) is -0.707. The number of hydrogen-bond acceptors (Lipinski definition) is 9. The zero-order valence-electron chi connectivity index (χ0n) is 26.2. The molecule has 248 valence electrons. The van der Waals surface area contributed by atoms with E-state index in [0.29, 0.717) is 13.0 Å². The monoisotopic (exact) mass is 650 g/mol. The lowest BCUT2D eigenvalue weighted by molar-refractivity contribution is -0.130. The van der Waals surface area contributed by atoms with E-state index in [0.717, 1.165) is 6.07 Å². The maximum absolute atomic E-state index is 15.8. The molecule has 3 aliphatic carbocycles. The van der Waals surface area contributed by atoms with Crippen LogP contribution in [0.5, 0.6) is 11.5 Å². The third-order valence-corrected chi connectivity index (χ3v) is 9.93. The number of carbonyl (C=O) groups excluding carboxylic acids is 4. The minimum atomic E-state index is -1.62. The Kier molecular flexibility index (Phi) is 8.17. The predicted molar refractivity (Wildman–Crippen MR) is 166 cm³/mol. The fraction of sp³-hybridized carbons (Fsp3) is 0.412. The van der Waals surface area contributed by atoms with Gasteiger partial charge in [-0.25, -0.2) is 8.78 Å². The van der Waals surface area contributed by atoms with Crippen molar-refractivity contribution in [2.24, 2.45) is 23.0 Å². The molecular formula is C34H36F2N4O7. The number of nitrogens with two attached hydrogens (primary N) is 1. The zero-order valence-corrected chi connectivity index (χ0v) is 26.2. The Morgan fingerprint density at radius 1 is 1.19 bits per heavy atom. The molecule has 0 spiro atoms. The number of benzene rings is 2. The zero-order chi connectivity index (χ0) is 33.9. The number of carbonyl (C=O) groups is 4. The Morgan fingerprint density at radius 3 is 2.51 bits per heavy atom. The maximum Gasteiger partial charge on any atom is 0.255 e. The van der Waals surface area contributed by atoms with Gasteiger partial charge in [-0.3, -0.25) is 29.0 Å². The number of para-hydroxylation sites is 1. The second-order valence-corrected chi connectivity index (χ2v) is 13.1. The number of amides is 2. The number of halogens is 2. The number of nitrogens with zero attached hydrogens (tertiary/aromatic N) is 2. The number of nitrogens with one attached hydrogen (secondary N) is 1. The average molecular weight is 651 g/mol. The highest BCUT2D eigenvalue weighted by Crippen LogP contribution is 2.59. The van der Waals surface area contributed by atoms with Gasteiger partial charge in [0.2, 0.25) is 5.91 Å². The number of rotatable bonds is 7. The summed E-state index contributed by atoms with van der Waals surface area (Å²) in [5, 5.41) is 25.5. The first-order valence-corrected chi connectivity index (χ1v) is 15.4. The number of Topliss-reactive ketones (excluding diaryl/α,β-unsaturated/α-hetero) is 2. The second-order valence-electron chi connectivity index (χ2n) is 13.1. The molecule has 0 saturated carbocycles. The van der Waals surface area contributed by atoms with Crippen LogP contribution in [0.2, 0.25) is 0 Å². The smallest absolute Gasteiger partial charge is 0.255 e. The van der Waals surface area contributed by atoms with Crippen molar-refractivity contribution in [2.45, 2.75) is 38.4 Å². The highest BCUT2D eigenvalue weighted by Gasteiger charge is 2.61. The SMILES string of the molecule is CN(C)[C@@H]1C(=O)C(C(N)=O)=C(O)[C@@]2(C)C(Oc3ccccc3)=C3C(=O)c4c(O)c(NC(=O)CN5CC[C@H](F)C5)cc(F)c4C[C@H]3C[C@@H]12. The number of ether oxygens (including phenoxy) is 1. The lowest BCUT2D eigenvalue weighted by Crippen LogP contribution is -2.59. The molecule has 0 unspecified atom stereocenters. The molecule has 1 aliphatic heterocycles. The normalized spacial score (nSPS) is 27.4. The number of ketones is 2. The second kappa shape index (κ2) is 11.9. The minimum Gasteiger partial charge on any atom is -0.510 e. The van der Waals surface area contributed by atoms with Gasteiger partial charge in [0.15, 0.2) is 17.3 Å². The van der Waals surface area contributed by atoms with Crippen LogP contribution < -0.4 is 15.8 Å². The maximum atomic E-state index is 15.8. The molecule has 13 heteroatoms. The lowest BCUT2D eigenvalue weighted by Gasteiger charge is -2.52. The molecule has 1 heterocycles. The van der Waals surface area contributed by atoms with Gasteiger partial charge < -0.3 is 26.0 Å². The molecular weight excluding hydrogens is 614 g/mol. The van der Waals surface area contributed by atoms with Gasteiger partial charge >= 0.3 is 0 Å². The number of aliphatic hydroxyl groups is 1. The van der Waals surface area contributed by atoms with Crippen LogP contribution in [0.15, 0.2) is 59.1 Å². The van der Waals surface area contributed by atoms with Crippen LogP contribution in [0, 0.1) is 23.1 Å². The third-order valence-electron chi connectivity index (χ3n) is 9.93. The van der Waals surface area contributed by atoms with E-state index >= 15 is 4.39 Å². The van der Waals surface area contributed by atoms with Gasteiger partial charge in [0.05, 0.1) is 29.3 Å². The summed E-state index contributed by atoms with van der Waals surface area (Å²) >= 11 is 0. The summed E-state index contributed by atoms with van der Waals surface area (Å²) in [7, 11) is 3.30. The number of alkyl halides is 1. The Balaban J connectivity index is 1.51. The molecule has 2 aromatic rings. The molecule has 0 bridgehead atoms. The summed E-state index contributed by atoms with van der Waals surface area (Å²) in [4.78, 5) is 56.7. The van der Waals surface area contributed by atoms with Crippen molar-refractivity contribution in [2.75, 3.05) is 39.0 Å². The minimum absolute atomic E-state index is 0.0339. The molecule has 11 nitrogen and oxygen atoms in total. The van der Waals surface area contributed by atoms with Crippen LogP contribution >= 0.6 is 0 Å². The summed E-state index contributed by atoms with van der Waals surface area (Å²) in [6.45, 7) is 1.83. The van der Waals surface area contributed by atoms with E-state index in [2.05, 4.69) is 5.32 Å². The number of aliphatic hydroxyl groups excluding tert-OH is 1. The van der Waals surface area contributed by atoms with E-state index in [-0.39, 0.29) is 59.8 Å². The van der Waals surface area contributed by atoms with Crippen molar-refractivity contribution < 1.29 is 42.9 Å². The fourth-order valence-corrected chi connectivity index (χ4v) is 7.72. The number of primary amides is 1. The van der Waals surface area contributed by atoms with E-state index in [9.17, 15) is 33.8 Å². The lowest BCUT2D eigenvalue weighted by atomic mass is 9.54. The van der Waals surface area contributed by atoms with E-state index in [1.165, 1.54) is 0 Å². The number of fused-ring (bicyclic) bond motifs is 3. The van der Waals surface area contributed by atoms with Crippen LogP contribution in [0.3, 0.4) is 0 Å². The van der Waals surface area contributed by atoms with Crippen LogP contribution in [0.25, 0.3) is 0 Å². The topological polar surface area (TPSA) is 162 Å². The van der Waals surface area contributed by atoms with Crippen molar-refractivity contribution in [3.05, 3.63) is 76.0 Å². The quantitative estimate of drug-likeness (QED) is 0.261. The van der Waals surface area contributed by atoms with Crippen LogP contribution in [-0.4, -0.2) is 89.3 Å². The van der Waals surface area contributed by atoms with Crippen molar-refractivity contribution >= 4 is 29.1 Å². The predicted octanol–water partition coefficient (Wildman–Crippen LogP) is 3.04. The molecule has 1 saturated heterocycles. The third kappa shape index (κ3) is 5.27. The van der Waals surface area contributed by atoms with Gasteiger partial charge in [-0.05, 0) is 58.3 Å². The van der Waals surface area contributed by atoms with E-state index < -0.39 is 75.7 Å². The standard InChI is InChI=1S/C34H36F2N4O7/c1-34-20(27(39(2)3)30(44)26(31(34)45)33(37)46)12-16-11-19-21(36)13-22(38-23(41)15-40-10-9-17(35)14-40)28(42)25(19)29(43)24(16)32(34)47-18-7-5-4-6-8-18/h4-8,13,16-17,20,27,42,45H,9-12,14-15H2,1-3H3,(H2,37,46)(H,38,41)/t16-,17-,20-,27-,34-/m0/s1. The Hall–Kier alpha value is -4.62. The first-order valence-electron chi connectivity index (χ1n) is 15.4. The summed E-state index contributed by atoms with van der Waals surface area (Å²) in [5.74, 6) is -6.54. The number of likely N-dealkylation sites (tertiary alicyclic amines) is 1. The number of likely N-dealkylation sites (N-methyl/N-ethyl adjacent to an activating group) is 1. The van der Waals surface area contributed by atoms with E-state index in [1.807, 2.05) is 0 Å². The van der Waals surface area contributed by atoms with E-state index in [4.69, 9.17) is 10.5 Å². The van der Waals surface area contributed by atoms with Crippen molar-refractivity contribution in [3.63, 3.8) is 0 Å². The Labute approximate surface area is 269 Å². The molecule has 4 aliphatic rings. The van der Waals surface area contributed by atoms with Crippen molar-refractivity contribution in [1.29, 1.82) is 0 Å². The fourth-order valence-electron chi connectivity index (χ4n) is 7.72. The number of allylic oxidation sites excluding steroid dienone is 1. The first-order chi connectivity index (χ1) is 22.2. The van der Waals surface area contributed by atoms with Crippen LogP contribution in [0.1, 0.15) is 35.7 Å². The van der Waals surface area contributed by atoms with E-state index in [1.54, 1.807) is 61.2 Å². The number of phenolic OH excluding ortho intramolecular Hbond substituents is 1. The van der Waals surface area contributed by atoms with Crippen molar-refractivity contribution in [3.8, 4) is 11.5 Å². The molecule has 2 amide bonds. The van der Waals surface area contributed by atoms with Gasteiger partial charge in [-0.1, -0.05) is 18.2 Å². The Bertz CT molecular complexity index is 1760. The van der Waals surface area contributed by atoms with Crippen LogP contribution in [0.4, 0.5) is 14.5 Å². The number of hydrogen-bond donors (Lipinski definition) is 4. The molecule has 0 radical (unpaired) electrons. The summed E-state index contributed by atoms with van der Waals surface area (Å²) < 4.78 is 35.8. The summed E-state index contributed by atoms with van der Waals surface area (Å²) in [5.41, 5.74) is 2.66. The Morgan fingerprint density at radius 2 is 1.89 bits per heavy atom. The summed E-state index contributed by atoms with van der Waals surface area (Å²) in [6, 6.07) is 8.39. The van der Waals surface area contributed by atoms with Gasteiger partial charge in [0.25, 0.3) is 5.91 Å². The number of phenols is 1. The molecule has 5 atom stereocenters.